The van der Waals surface area contributed by atoms with Gasteiger partial charge in [-0.2, -0.15) is 0 Å². The molecule has 2 atom stereocenters. The standard InChI is InChI=1S/C25H26N2O5/c1-31-24-20(11-6-13-26-24)23(29)22(28)12-14-27-25(30)32-15-21-18-9-4-2-7-16(18)17-8-3-5-10-19(17)21/h2-11,13,21-23,28-29H,12,14-15H2,1H3,(H,27,30). The number of hydrogen-bond acceptors (Lipinski definition) is 6. The van der Waals surface area contributed by atoms with Crippen molar-refractivity contribution in [1.29, 1.82) is 0 Å². The van der Waals surface area contributed by atoms with Gasteiger partial charge in [0.25, 0.3) is 0 Å². The van der Waals surface area contributed by atoms with E-state index in [0.717, 1.165) is 11.1 Å². The summed E-state index contributed by atoms with van der Waals surface area (Å²) >= 11 is 0. The first kappa shape index (κ1) is 21.8. The summed E-state index contributed by atoms with van der Waals surface area (Å²) in [4.78, 5) is 16.3. The smallest absolute Gasteiger partial charge is 0.407 e. The van der Waals surface area contributed by atoms with Gasteiger partial charge in [-0.15, -0.1) is 0 Å². The number of carbonyl (C=O) groups excluding carboxylic acids is 1. The van der Waals surface area contributed by atoms with Crippen molar-refractivity contribution in [2.24, 2.45) is 0 Å². The quantitative estimate of drug-likeness (QED) is 0.502. The lowest BCUT2D eigenvalue weighted by Crippen LogP contribution is -2.30. The molecule has 0 saturated heterocycles. The molecule has 3 N–H and O–H groups in total. The van der Waals surface area contributed by atoms with Gasteiger partial charge in [0.15, 0.2) is 0 Å². The van der Waals surface area contributed by atoms with Crippen LogP contribution < -0.4 is 10.1 Å². The monoisotopic (exact) mass is 434 g/mol. The lowest BCUT2D eigenvalue weighted by molar-refractivity contribution is 0.0120. The van der Waals surface area contributed by atoms with Crippen LogP contribution in [0.3, 0.4) is 0 Å². The summed E-state index contributed by atoms with van der Waals surface area (Å²) in [6, 6.07) is 19.6. The second kappa shape index (κ2) is 9.80. The molecule has 166 valence electrons. The van der Waals surface area contributed by atoms with E-state index in [0.29, 0.717) is 5.56 Å². The molecular formula is C25H26N2O5. The number of fused-ring (bicyclic) bond motifs is 3. The fourth-order valence-electron chi connectivity index (χ4n) is 4.14. The predicted octanol–water partition coefficient (Wildman–Crippen LogP) is 3.41. The van der Waals surface area contributed by atoms with E-state index in [1.54, 1.807) is 18.3 Å². The molecule has 1 aliphatic carbocycles. The maximum absolute atomic E-state index is 12.2. The minimum atomic E-state index is -1.18. The number of aromatic nitrogens is 1. The van der Waals surface area contributed by atoms with Crippen molar-refractivity contribution in [1.82, 2.24) is 10.3 Å². The van der Waals surface area contributed by atoms with Gasteiger partial charge in [0.1, 0.15) is 12.7 Å². The molecule has 0 spiro atoms. The number of carbonyl (C=O) groups is 1. The molecule has 7 nitrogen and oxygen atoms in total. The zero-order valence-electron chi connectivity index (χ0n) is 17.8. The number of alkyl carbamates (subject to hydrolysis) is 1. The number of amides is 1. The van der Waals surface area contributed by atoms with E-state index in [1.807, 2.05) is 24.3 Å². The number of aliphatic hydroxyl groups excluding tert-OH is 2. The van der Waals surface area contributed by atoms with E-state index in [1.165, 1.54) is 18.2 Å². The van der Waals surface area contributed by atoms with E-state index in [9.17, 15) is 15.0 Å². The third-order valence-electron chi connectivity index (χ3n) is 5.73. The van der Waals surface area contributed by atoms with Crippen LogP contribution in [0.4, 0.5) is 4.79 Å². The fourth-order valence-corrected chi connectivity index (χ4v) is 4.14. The Morgan fingerprint density at radius 2 is 1.69 bits per heavy atom. The fraction of sp³-hybridized carbons (Fsp3) is 0.280. The molecule has 2 unspecified atom stereocenters. The molecule has 7 heteroatoms. The topological polar surface area (TPSA) is 101 Å². The van der Waals surface area contributed by atoms with Crippen molar-refractivity contribution in [3.8, 4) is 17.0 Å². The summed E-state index contributed by atoms with van der Waals surface area (Å²) < 4.78 is 10.6. The summed E-state index contributed by atoms with van der Waals surface area (Å²) in [5, 5.41) is 23.3. The maximum Gasteiger partial charge on any atom is 0.407 e. The number of rotatable bonds is 8. The minimum absolute atomic E-state index is 0.0152. The Bertz CT molecular complexity index is 1040. The lowest BCUT2D eigenvalue weighted by Gasteiger charge is -2.20. The van der Waals surface area contributed by atoms with E-state index in [2.05, 4.69) is 34.6 Å². The molecule has 0 saturated carbocycles. The molecular weight excluding hydrogens is 408 g/mol. The Kier molecular flexibility index (Phi) is 6.68. The second-order valence-corrected chi connectivity index (χ2v) is 7.66. The van der Waals surface area contributed by atoms with Gasteiger partial charge in [-0.1, -0.05) is 48.5 Å². The number of nitrogens with one attached hydrogen (secondary N) is 1. The molecule has 0 bridgehead atoms. The van der Waals surface area contributed by atoms with Gasteiger partial charge in [0.2, 0.25) is 5.88 Å². The van der Waals surface area contributed by atoms with Gasteiger partial charge in [-0.3, -0.25) is 0 Å². The average molecular weight is 434 g/mol. The molecule has 1 amide bonds. The summed E-state index contributed by atoms with van der Waals surface area (Å²) in [5.41, 5.74) is 5.01. The van der Waals surface area contributed by atoms with Crippen molar-refractivity contribution < 1.29 is 24.5 Å². The second-order valence-electron chi connectivity index (χ2n) is 7.66. The van der Waals surface area contributed by atoms with E-state index in [4.69, 9.17) is 9.47 Å². The van der Waals surface area contributed by atoms with Crippen LogP contribution in [0, 0.1) is 0 Å². The third kappa shape index (κ3) is 4.44. The van der Waals surface area contributed by atoms with Crippen LogP contribution in [0.15, 0.2) is 66.9 Å². The van der Waals surface area contributed by atoms with Crippen molar-refractivity contribution >= 4 is 6.09 Å². The Hall–Kier alpha value is -3.42. The first-order valence-electron chi connectivity index (χ1n) is 10.5. The summed E-state index contributed by atoms with van der Waals surface area (Å²) in [6.45, 7) is 0.370. The summed E-state index contributed by atoms with van der Waals surface area (Å²) in [5.74, 6) is 0.238. The highest BCUT2D eigenvalue weighted by Crippen LogP contribution is 2.44. The average Bonchev–Trinajstić information content (AvgIpc) is 3.16. The lowest BCUT2D eigenvalue weighted by atomic mass is 9.98. The molecule has 0 radical (unpaired) electrons. The SMILES string of the molecule is COc1ncccc1C(O)C(O)CCNC(=O)OCC1c2ccccc2-c2ccccc21. The van der Waals surface area contributed by atoms with Crippen LogP contribution in [0.25, 0.3) is 11.1 Å². The molecule has 0 fully saturated rings. The minimum Gasteiger partial charge on any atom is -0.481 e. The zero-order valence-corrected chi connectivity index (χ0v) is 17.8. The molecule has 2 aromatic carbocycles. The van der Waals surface area contributed by atoms with Gasteiger partial charge in [-0.05, 0) is 40.8 Å². The number of nitrogens with zero attached hydrogens (tertiary/aromatic N) is 1. The van der Waals surface area contributed by atoms with E-state index >= 15 is 0 Å². The number of benzene rings is 2. The Morgan fingerprint density at radius 1 is 1.03 bits per heavy atom. The highest BCUT2D eigenvalue weighted by atomic mass is 16.5. The summed E-state index contributed by atoms with van der Waals surface area (Å²) in [7, 11) is 1.45. The molecule has 1 aliphatic rings. The molecule has 1 heterocycles. The molecule has 1 aromatic heterocycles. The van der Waals surface area contributed by atoms with Crippen LogP contribution in [0.1, 0.15) is 35.1 Å². The Morgan fingerprint density at radius 3 is 2.34 bits per heavy atom. The largest absolute Gasteiger partial charge is 0.481 e. The number of hydrogen-bond donors (Lipinski definition) is 3. The Balaban J connectivity index is 1.29. The number of pyridine rings is 1. The van der Waals surface area contributed by atoms with Crippen molar-refractivity contribution in [2.75, 3.05) is 20.3 Å². The van der Waals surface area contributed by atoms with Crippen molar-refractivity contribution in [2.45, 2.75) is 24.5 Å². The molecule has 4 rings (SSSR count). The van der Waals surface area contributed by atoms with Gasteiger partial charge in [-0.25, -0.2) is 9.78 Å². The highest BCUT2D eigenvalue weighted by molar-refractivity contribution is 5.79. The first-order chi connectivity index (χ1) is 15.6. The van der Waals surface area contributed by atoms with Crippen LogP contribution in [0.5, 0.6) is 5.88 Å². The highest BCUT2D eigenvalue weighted by Gasteiger charge is 2.29. The van der Waals surface area contributed by atoms with Crippen LogP contribution in [-0.4, -0.2) is 47.7 Å². The van der Waals surface area contributed by atoms with Crippen LogP contribution in [0.2, 0.25) is 0 Å². The Labute approximate surface area is 186 Å². The number of methoxy groups -OCH3 is 1. The first-order valence-corrected chi connectivity index (χ1v) is 10.5. The third-order valence-corrected chi connectivity index (χ3v) is 5.73. The maximum atomic E-state index is 12.2. The number of ether oxygens (including phenoxy) is 2. The summed E-state index contributed by atoms with van der Waals surface area (Å²) in [6.07, 6.45) is -1.15. The molecule has 3 aromatic rings. The van der Waals surface area contributed by atoms with Gasteiger partial charge >= 0.3 is 6.09 Å². The molecule has 32 heavy (non-hydrogen) atoms. The van der Waals surface area contributed by atoms with Crippen molar-refractivity contribution in [3.63, 3.8) is 0 Å². The molecule has 0 aliphatic heterocycles. The van der Waals surface area contributed by atoms with Crippen LogP contribution >= 0.6 is 0 Å². The number of aliphatic hydroxyl groups is 2. The predicted molar refractivity (Wildman–Crippen MR) is 119 cm³/mol. The van der Waals surface area contributed by atoms with Gasteiger partial charge in [0, 0.05) is 24.2 Å². The van der Waals surface area contributed by atoms with Gasteiger partial charge < -0.3 is 25.0 Å². The van der Waals surface area contributed by atoms with E-state index < -0.39 is 18.3 Å². The zero-order chi connectivity index (χ0) is 22.5. The van der Waals surface area contributed by atoms with E-state index in [-0.39, 0.29) is 31.4 Å². The normalized spacial score (nSPS) is 14.2. The van der Waals surface area contributed by atoms with Crippen LogP contribution in [-0.2, 0) is 4.74 Å². The van der Waals surface area contributed by atoms with Gasteiger partial charge in [0.05, 0.1) is 13.2 Å². The van der Waals surface area contributed by atoms with Crippen molar-refractivity contribution in [3.05, 3.63) is 83.6 Å².